The van der Waals surface area contributed by atoms with Gasteiger partial charge in [-0.1, -0.05) is 12.1 Å². The fraction of sp³-hybridized carbons (Fsp3) is 0.333. The van der Waals surface area contributed by atoms with Crippen LogP contribution in [0.4, 0.5) is 0 Å². The van der Waals surface area contributed by atoms with Gasteiger partial charge in [0.2, 0.25) is 5.91 Å². The van der Waals surface area contributed by atoms with E-state index in [1.807, 2.05) is 0 Å². The van der Waals surface area contributed by atoms with Crippen molar-refractivity contribution in [3.8, 4) is 0 Å². The first-order valence-corrected chi connectivity index (χ1v) is 7.44. The maximum atomic E-state index is 11.8. The maximum Gasteiger partial charge on any atom is 0.259 e. The first kappa shape index (κ1) is 16.2. The fourth-order valence-electron chi connectivity index (χ4n) is 1.22. The molecule has 0 aromatic heterocycles. The molecule has 0 heterocycles. The number of carbonyl (C=O) groups is 2. The number of halogens is 1. The Bertz CT molecular complexity index is 455. The van der Waals surface area contributed by atoms with Crippen molar-refractivity contribution < 1.29 is 19.8 Å². The highest BCUT2D eigenvalue weighted by molar-refractivity contribution is 9.10. The smallest absolute Gasteiger partial charge is 0.259 e. The summed E-state index contributed by atoms with van der Waals surface area (Å²) in [4.78, 5) is 23.3. The molecule has 1 atom stereocenters. The Morgan fingerprint density at radius 2 is 2.05 bits per heavy atom. The summed E-state index contributed by atoms with van der Waals surface area (Å²) in [6, 6.07) is 6.80. The van der Waals surface area contributed by atoms with Crippen LogP contribution in [0.15, 0.2) is 28.7 Å². The van der Waals surface area contributed by atoms with Gasteiger partial charge >= 0.3 is 0 Å². The molecule has 7 heteroatoms. The molecule has 104 valence electrons. The molecule has 0 saturated heterocycles. The van der Waals surface area contributed by atoms with Gasteiger partial charge < -0.3 is 10.2 Å². The van der Waals surface area contributed by atoms with Gasteiger partial charge in [-0.15, -0.1) is 11.8 Å². The molecule has 3 N–H and O–H groups in total. The van der Waals surface area contributed by atoms with Gasteiger partial charge in [-0.05, 0) is 28.1 Å². The van der Waals surface area contributed by atoms with Crippen LogP contribution in [0.2, 0.25) is 0 Å². The van der Waals surface area contributed by atoms with Gasteiger partial charge in [-0.2, -0.15) is 0 Å². The third-order valence-electron chi connectivity index (χ3n) is 2.13. The molecule has 0 spiro atoms. The van der Waals surface area contributed by atoms with Crippen LogP contribution in [0.5, 0.6) is 0 Å². The third-order valence-corrected chi connectivity index (χ3v) is 3.90. The minimum atomic E-state index is -0.850. The standard InChI is InChI=1S/C12H14BrNO4S/c13-10-4-2-1-3-9(10)12(18)14-11(17)7-19-6-8(16)5-15/h1-4,8,15-16H,5-7H2,(H,14,17,18). The number of aliphatic hydroxyl groups is 2. The molecular weight excluding hydrogens is 334 g/mol. The number of hydrogen-bond donors (Lipinski definition) is 3. The zero-order valence-electron chi connectivity index (χ0n) is 10.0. The van der Waals surface area contributed by atoms with E-state index in [1.165, 1.54) is 0 Å². The Kier molecular flexibility index (Phi) is 7.07. The largest absolute Gasteiger partial charge is 0.394 e. The number of rotatable bonds is 6. The van der Waals surface area contributed by atoms with Crippen LogP contribution in [0, 0.1) is 0 Å². The molecule has 0 bridgehead atoms. The Balaban J connectivity index is 2.41. The van der Waals surface area contributed by atoms with Gasteiger partial charge in [0.15, 0.2) is 0 Å². The second kappa shape index (κ2) is 8.31. The number of benzene rings is 1. The minimum absolute atomic E-state index is 0.0489. The molecule has 0 radical (unpaired) electrons. The summed E-state index contributed by atoms with van der Waals surface area (Å²) >= 11 is 4.38. The molecule has 2 amide bonds. The topological polar surface area (TPSA) is 86.6 Å². The Morgan fingerprint density at radius 1 is 1.37 bits per heavy atom. The SMILES string of the molecule is O=C(CSCC(O)CO)NC(=O)c1ccccc1Br. The summed E-state index contributed by atoms with van der Waals surface area (Å²) in [5, 5.41) is 19.9. The molecule has 0 aliphatic rings. The lowest BCUT2D eigenvalue weighted by Gasteiger charge is -2.07. The average molecular weight is 348 g/mol. The zero-order chi connectivity index (χ0) is 14.3. The average Bonchev–Trinajstić information content (AvgIpc) is 2.38. The van der Waals surface area contributed by atoms with Crippen molar-refractivity contribution in [2.75, 3.05) is 18.1 Å². The number of nitrogens with one attached hydrogen (secondary N) is 1. The van der Waals surface area contributed by atoms with Crippen LogP contribution in [0.1, 0.15) is 10.4 Å². The second-order valence-corrected chi connectivity index (χ2v) is 5.59. The van der Waals surface area contributed by atoms with E-state index in [0.29, 0.717) is 10.0 Å². The fourth-order valence-corrected chi connectivity index (χ4v) is 2.43. The van der Waals surface area contributed by atoms with Crippen molar-refractivity contribution in [2.45, 2.75) is 6.10 Å². The van der Waals surface area contributed by atoms with Crippen molar-refractivity contribution in [3.63, 3.8) is 0 Å². The first-order chi connectivity index (χ1) is 9.04. The van der Waals surface area contributed by atoms with Crippen LogP contribution >= 0.6 is 27.7 Å². The van der Waals surface area contributed by atoms with Crippen molar-refractivity contribution in [1.82, 2.24) is 5.32 Å². The monoisotopic (exact) mass is 347 g/mol. The lowest BCUT2D eigenvalue weighted by Crippen LogP contribution is -2.32. The van der Waals surface area contributed by atoms with Gasteiger partial charge in [-0.25, -0.2) is 0 Å². The van der Waals surface area contributed by atoms with Crippen LogP contribution in [0.25, 0.3) is 0 Å². The van der Waals surface area contributed by atoms with Crippen molar-refractivity contribution in [1.29, 1.82) is 0 Å². The van der Waals surface area contributed by atoms with Crippen molar-refractivity contribution in [3.05, 3.63) is 34.3 Å². The predicted octanol–water partition coefficient (Wildman–Crippen LogP) is 0.792. The minimum Gasteiger partial charge on any atom is -0.394 e. The lowest BCUT2D eigenvalue weighted by atomic mass is 10.2. The molecule has 1 aromatic rings. The van der Waals surface area contributed by atoms with Gasteiger partial charge in [0.25, 0.3) is 5.91 Å². The van der Waals surface area contributed by atoms with E-state index in [9.17, 15) is 9.59 Å². The first-order valence-electron chi connectivity index (χ1n) is 5.50. The molecule has 1 unspecified atom stereocenters. The van der Waals surface area contributed by atoms with E-state index in [0.717, 1.165) is 11.8 Å². The summed E-state index contributed by atoms with van der Waals surface area (Å²) in [7, 11) is 0. The third kappa shape index (κ3) is 5.73. The number of aliphatic hydroxyl groups excluding tert-OH is 2. The Morgan fingerprint density at radius 3 is 2.68 bits per heavy atom. The summed E-state index contributed by atoms with van der Waals surface area (Å²) in [5.74, 6) is -0.614. The molecule has 0 fully saturated rings. The van der Waals surface area contributed by atoms with Crippen LogP contribution < -0.4 is 5.32 Å². The molecule has 1 aromatic carbocycles. The molecule has 1 rings (SSSR count). The van der Waals surface area contributed by atoms with Gasteiger partial charge in [0.1, 0.15) is 0 Å². The second-order valence-electron chi connectivity index (χ2n) is 3.71. The molecule has 0 aliphatic carbocycles. The Hall–Kier alpha value is -0.890. The number of carbonyl (C=O) groups excluding carboxylic acids is 2. The zero-order valence-corrected chi connectivity index (χ0v) is 12.4. The van der Waals surface area contributed by atoms with E-state index in [-0.39, 0.29) is 18.1 Å². The van der Waals surface area contributed by atoms with Crippen molar-refractivity contribution in [2.24, 2.45) is 0 Å². The van der Waals surface area contributed by atoms with Crippen molar-refractivity contribution >= 4 is 39.5 Å². The van der Waals surface area contributed by atoms with E-state index in [2.05, 4.69) is 21.2 Å². The van der Waals surface area contributed by atoms with E-state index >= 15 is 0 Å². The van der Waals surface area contributed by atoms with E-state index in [4.69, 9.17) is 10.2 Å². The Labute approximate surface area is 123 Å². The maximum absolute atomic E-state index is 11.8. The molecular formula is C12H14BrNO4S. The molecule has 0 aliphatic heterocycles. The molecule has 5 nitrogen and oxygen atoms in total. The highest BCUT2D eigenvalue weighted by Crippen LogP contribution is 2.15. The van der Waals surface area contributed by atoms with Crippen LogP contribution in [-0.4, -0.2) is 46.2 Å². The number of hydrogen-bond acceptors (Lipinski definition) is 5. The number of amides is 2. The van der Waals surface area contributed by atoms with Gasteiger partial charge in [0.05, 0.1) is 24.0 Å². The molecule has 19 heavy (non-hydrogen) atoms. The summed E-state index contributed by atoms with van der Waals surface area (Å²) in [6.45, 7) is -0.343. The van der Waals surface area contributed by atoms with Crippen LogP contribution in [-0.2, 0) is 4.79 Å². The van der Waals surface area contributed by atoms with E-state index in [1.54, 1.807) is 24.3 Å². The number of thioether (sulfide) groups is 1. The van der Waals surface area contributed by atoms with Gasteiger partial charge in [-0.3, -0.25) is 14.9 Å². The summed E-state index contributed by atoms with van der Waals surface area (Å²) in [6.07, 6.45) is -0.850. The van der Waals surface area contributed by atoms with Gasteiger partial charge in [0, 0.05) is 10.2 Å². The highest BCUT2D eigenvalue weighted by Gasteiger charge is 2.13. The normalized spacial score (nSPS) is 11.9. The quantitative estimate of drug-likeness (QED) is 0.708. The summed E-state index contributed by atoms with van der Waals surface area (Å²) in [5.41, 5.74) is 0.385. The van der Waals surface area contributed by atoms with Crippen LogP contribution in [0.3, 0.4) is 0 Å². The number of imide groups is 1. The summed E-state index contributed by atoms with van der Waals surface area (Å²) < 4.78 is 0.614. The highest BCUT2D eigenvalue weighted by atomic mass is 79.9. The molecule has 0 saturated carbocycles. The lowest BCUT2D eigenvalue weighted by molar-refractivity contribution is -0.117. The predicted molar refractivity (Wildman–Crippen MR) is 77.0 cm³/mol. The van der Waals surface area contributed by atoms with E-state index < -0.39 is 17.9 Å².